The van der Waals surface area contributed by atoms with E-state index in [1.165, 1.54) is 12.0 Å². The Morgan fingerprint density at radius 3 is 2.40 bits per heavy atom. The molecule has 4 heteroatoms. The molecule has 0 radical (unpaired) electrons. The van der Waals surface area contributed by atoms with E-state index in [2.05, 4.69) is 18.0 Å². The van der Waals surface area contributed by atoms with Crippen LogP contribution in [0.4, 0.5) is 5.69 Å². The van der Waals surface area contributed by atoms with Crippen LogP contribution in [0.5, 0.6) is 0 Å². The van der Waals surface area contributed by atoms with E-state index in [0.29, 0.717) is 12.1 Å². The van der Waals surface area contributed by atoms with E-state index in [1.807, 2.05) is 55.1 Å². The SMILES string of the molecule is Cc1ccc(N(Cc2cc3ccc(C)cc3[nH]c2=O)C(=O)C2CCCCC2)c(C)c1. The number of H-pyrrole nitrogens is 1. The molecule has 1 saturated carbocycles. The molecule has 1 amide bonds. The Balaban J connectivity index is 1.75. The fraction of sp³-hybridized carbons (Fsp3) is 0.385. The summed E-state index contributed by atoms with van der Waals surface area (Å²) in [5, 5.41) is 0.987. The lowest BCUT2D eigenvalue weighted by Crippen LogP contribution is -2.38. The molecule has 0 spiro atoms. The van der Waals surface area contributed by atoms with Crippen molar-refractivity contribution in [3.05, 3.63) is 75.1 Å². The normalized spacial score (nSPS) is 14.8. The zero-order valence-electron chi connectivity index (χ0n) is 18.1. The Morgan fingerprint density at radius 1 is 0.967 bits per heavy atom. The van der Waals surface area contributed by atoms with E-state index < -0.39 is 0 Å². The number of hydrogen-bond acceptors (Lipinski definition) is 2. The van der Waals surface area contributed by atoms with Gasteiger partial charge in [0.2, 0.25) is 5.91 Å². The van der Waals surface area contributed by atoms with Gasteiger partial charge in [-0.3, -0.25) is 9.59 Å². The summed E-state index contributed by atoms with van der Waals surface area (Å²) in [6.07, 6.45) is 5.29. The molecule has 1 aliphatic carbocycles. The maximum absolute atomic E-state index is 13.6. The first-order chi connectivity index (χ1) is 14.4. The van der Waals surface area contributed by atoms with Crippen LogP contribution in [0.15, 0.2) is 47.3 Å². The van der Waals surface area contributed by atoms with Gasteiger partial charge in [-0.1, -0.05) is 49.1 Å². The number of carbonyl (C=O) groups is 1. The van der Waals surface area contributed by atoms with Gasteiger partial charge in [0.25, 0.3) is 5.56 Å². The van der Waals surface area contributed by atoms with E-state index in [0.717, 1.165) is 53.4 Å². The van der Waals surface area contributed by atoms with Gasteiger partial charge in [-0.15, -0.1) is 0 Å². The van der Waals surface area contributed by atoms with Gasteiger partial charge in [0.1, 0.15) is 0 Å². The number of aromatic nitrogens is 1. The third-order valence-electron chi connectivity index (χ3n) is 6.27. The number of nitrogens with zero attached hydrogens (tertiary/aromatic N) is 1. The Morgan fingerprint density at radius 2 is 1.67 bits per heavy atom. The van der Waals surface area contributed by atoms with Crippen molar-refractivity contribution in [1.82, 2.24) is 4.98 Å². The number of aromatic amines is 1. The van der Waals surface area contributed by atoms with Crippen molar-refractivity contribution in [1.29, 1.82) is 0 Å². The van der Waals surface area contributed by atoms with E-state index in [4.69, 9.17) is 0 Å². The number of hydrogen-bond donors (Lipinski definition) is 1. The van der Waals surface area contributed by atoms with E-state index in [9.17, 15) is 9.59 Å². The maximum Gasteiger partial charge on any atom is 0.253 e. The number of carbonyl (C=O) groups excluding carboxylic acids is 1. The van der Waals surface area contributed by atoms with Crippen molar-refractivity contribution in [2.24, 2.45) is 5.92 Å². The van der Waals surface area contributed by atoms with Crippen LogP contribution in [0, 0.1) is 26.7 Å². The average Bonchev–Trinajstić information content (AvgIpc) is 2.73. The van der Waals surface area contributed by atoms with Crippen LogP contribution in [0.25, 0.3) is 10.9 Å². The van der Waals surface area contributed by atoms with E-state index >= 15 is 0 Å². The number of rotatable bonds is 4. The van der Waals surface area contributed by atoms with Gasteiger partial charge in [0, 0.05) is 22.7 Å². The standard InChI is InChI=1S/C26H30N2O2/c1-17-10-12-24(19(3)13-17)28(26(30)20-7-5-4-6-8-20)16-22-15-21-11-9-18(2)14-23(21)27-25(22)29/h9-15,20H,4-8,16H2,1-3H3,(H,27,29). The van der Waals surface area contributed by atoms with Gasteiger partial charge in [-0.25, -0.2) is 0 Å². The van der Waals surface area contributed by atoms with Gasteiger partial charge in [-0.2, -0.15) is 0 Å². The molecule has 1 fully saturated rings. The van der Waals surface area contributed by atoms with Crippen molar-refractivity contribution < 1.29 is 4.79 Å². The number of amides is 1. The minimum absolute atomic E-state index is 0.0432. The first kappa shape index (κ1) is 20.4. The molecule has 0 bridgehead atoms. The van der Waals surface area contributed by atoms with Crippen LogP contribution >= 0.6 is 0 Å². The first-order valence-electron chi connectivity index (χ1n) is 10.9. The van der Waals surface area contributed by atoms with E-state index in [1.54, 1.807) is 0 Å². The van der Waals surface area contributed by atoms with Crippen LogP contribution in [0.3, 0.4) is 0 Å². The summed E-state index contributed by atoms with van der Waals surface area (Å²) in [7, 11) is 0. The highest BCUT2D eigenvalue weighted by Gasteiger charge is 2.28. The van der Waals surface area contributed by atoms with Crippen LogP contribution in [-0.2, 0) is 11.3 Å². The molecule has 0 atom stereocenters. The maximum atomic E-state index is 13.6. The van der Waals surface area contributed by atoms with Crippen LogP contribution in [-0.4, -0.2) is 10.9 Å². The molecule has 1 heterocycles. The summed E-state index contributed by atoms with van der Waals surface area (Å²) in [6.45, 7) is 6.39. The molecule has 156 valence electrons. The smallest absolute Gasteiger partial charge is 0.253 e. The van der Waals surface area contributed by atoms with Gasteiger partial charge < -0.3 is 9.88 Å². The van der Waals surface area contributed by atoms with Crippen LogP contribution < -0.4 is 10.5 Å². The van der Waals surface area contributed by atoms with Crippen molar-refractivity contribution in [2.45, 2.75) is 59.4 Å². The Hall–Kier alpha value is -2.88. The molecular weight excluding hydrogens is 372 g/mol. The third-order valence-corrected chi connectivity index (χ3v) is 6.27. The molecule has 0 saturated heterocycles. The molecule has 2 aromatic carbocycles. The summed E-state index contributed by atoms with van der Waals surface area (Å²) in [5.41, 5.74) is 5.57. The Bertz CT molecular complexity index is 1140. The van der Waals surface area contributed by atoms with Crippen molar-refractivity contribution in [3.8, 4) is 0 Å². The lowest BCUT2D eigenvalue weighted by Gasteiger charge is -2.30. The second-order valence-electron chi connectivity index (χ2n) is 8.76. The molecule has 3 aromatic rings. The number of pyridine rings is 1. The predicted octanol–water partition coefficient (Wildman–Crippen LogP) is 5.57. The minimum atomic E-state index is -0.126. The zero-order valence-corrected chi connectivity index (χ0v) is 18.1. The predicted molar refractivity (Wildman–Crippen MR) is 123 cm³/mol. The number of benzene rings is 2. The highest BCUT2D eigenvalue weighted by atomic mass is 16.2. The summed E-state index contributed by atoms with van der Waals surface area (Å²) in [5.74, 6) is 0.187. The third kappa shape index (κ3) is 4.18. The van der Waals surface area contributed by atoms with E-state index in [-0.39, 0.29) is 17.4 Å². The van der Waals surface area contributed by atoms with Crippen LogP contribution in [0.2, 0.25) is 0 Å². The summed E-state index contributed by atoms with van der Waals surface area (Å²) in [4.78, 5) is 31.3. The number of anilines is 1. The van der Waals surface area contributed by atoms with Gasteiger partial charge in [0.05, 0.1) is 6.54 Å². The van der Waals surface area contributed by atoms with Gasteiger partial charge in [0.15, 0.2) is 0 Å². The second-order valence-corrected chi connectivity index (χ2v) is 8.76. The highest BCUT2D eigenvalue weighted by Crippen LogP contribution is 2.30. The molecule has 30 heavy (non-hydrogen) atoms. The lowest BCUT2D eigenvalue weighted by atomic mass is 9.88. The fourth-order valence-electron chi connectivity index (χ4n) is 4.61. The number of aryl methyl sites for hydroxylation is 3. The Labute approximate surface area is 177 Å². The first-order valence-corrected chi connectivity index (χ1v) is 10.9. The molecule has 1 aliphatic rings. The van der Waals surface area contributed by atoms with Crippen LogP contribution in [0.1, 0.15) is 54.4 Å². The second kappa shape index (κ2) is 8.47. The number of fused-ring (bicyclic) bond motifs is 1. The zero-order chi connectivity index (χ0) is 21.3. The summed E-state index contributed by atoms with van der Waals surface area (Å²) in [6, 6.07) is 14.1. The quantitative estimate of drug-likeness (QED) is 0.620. The number of nitrogens with one attached hydrogen (secondary N) is 1. The minimum Gasteiger partial charge on any atom is -0.322 e. The Kier molecular flexibility index (Phi) is 5.76. The van der Waals surface area contributed by atoms with Crippen molar-refractivity contribution in [2.75, 3.05) is 4.90 Å². The monoisotopic (exact) mass is 402 g/mol. The summed E-state index contributed by atoms with van der Waals surface area (Å²) < 4.78 is 0. The van der Waals surface area contributed by atoms with Gasteiger partial charge in [-0.05, 0) is 68.3 Å². The molecule has 1 aromatic heterocycles. The largest absolute Gasteiger partial charge is 0.322 e. The molecule has 1 N–H and O–H groups in total. The van der Waals surface area contributed by atoms with Crippen molar-refractivity contribution in [3.63, 3.8) is 0 Å². The molecular formula is C26H30N2O2. The average molecular weight is 403 g/mol. The summed E-state index contributed by atoms with van der Waals surface area (Å²) >= 11 is 0. The fourth-order valence-corrected chi connectivity index (χ4v) is 4.61. The molecule has 4 nitrogen and oxygen atoms in total. The van der Waals surface area contributed by atoms with Crippen molar-refractivity contribution >= 4 is 22.5 Å². The lowest BCUT2D eigenvalue weighted by molar-refractivity contribution is -0.123. The molecule has 0 aliphatic heterocycles. The van der Waals surface area contributed by atoms with Gasteiger partial charge >= 0.3 is 0 Å². The highest BCUT2D eigenvalue weighted by molar-refractivity contribution is 5.96. The molecule has 4 rings (SSSR count). The molecule has 0 unspecified atom stereocenters. The topological polar surface area (TPSA) is 53.2 Å².